The molecule has 0 aliphatic rings. The van der Waals surface area contributed by atoms with Gasteiger partial charge in [0, 0.05) is 12.8 Å². The second-order valence-corrected chi connectivity index (χ2v) is 12.6. The Morgan fingerprint density at radius 2 is 0.875 bits per heavy atom. The van der Waals surface area contributed by atoms with E-state index in [1.54, 1.807) is 0 Å². The molecule has 5 nitrogen and oxygen atoms in total. The van der Waals surface area contributed by atoms with Gasteiger partial charge in [-0.05, 0) is 77.0 Å². The highest BCUT2D eigenvalue weighted by Crippen LogP contribution is 2.12. The van der Waals surface area contributed by atoms with E-state index in [0.29, 0.717) is 12.8 Å². The van der Waals surface area contributed by atoms with Gasteiger partial charge in [0.15, 0.2) is 6.10 Å². The summed E-state index contributed by atoms with van der Waals surface area (Å²) in [6.45, 7) is 4.01. The molecular weight excluding hydrogens is 596 g/mol. The van der Waals surface area contributed by atoms with E-state index in [2.05, 4.69) is 74.6 Å². The van der Waals surface area contributed by atoms with Crippen LogP contribution in [0.1, 0.15) is 168 Å². The van der Waals surface area contributed by atoms with Crippen molar-refractivity contribution in [1.82, 2.24) is 0 Å². The minimum Gasteiger partial charge on any atom is -0.462 e. The second-order valence-electron chi connectivity index (χ2n) is 12.6. The van der Waals surface area contributed by atoms with E-state index >= 15 is 0 Å². The zero-order valence-electron chi connectivity index (χ0n) is 31.0. The van der Waals surface area contributed by atoms with E-state index in [9.17, 15) is 14.7 Å². The van der Waals surface area contributed by atoms with E-state index < -0.39 is 6.10 Å². The molecule has 0 radical (unpaired) electrons. The van der Waals surface area contributed by atoms with Crippen LogP contribution >= 0.6 is 0 Å². The molecule has 48 heavy (non-hydrogen) atoms. The number of rotatable bonds is 34. The molecule has 0 aliphatic heterocycles. The summed E-state index contributed by atoms with van der Waals surface area (Å²) in [5.74, 6) is -0.698. The van der Waals surface area contributed by atoms with Crippen LogP contribution in [0.2, 0.25) is 0 Å². The summed E-state index contributed by atoms with van der Waals surface area (Å²) in [5.41, 5.74) is 0. The van der Waals surface area contributed by atoms with Crippen LogP contribution in [0.3, 0.4) is 0 Å². The van der Waals surface area contributed by atoms with Crippen molar-refractivity contribution in [2.45, 2.75) is 174 Å². The molecule has 0 fully saturated rings. The lowest BCUT2D eigenvalue weighted by molar-refractivity contribution is -0.161. The van der Waals surface area contributed by atoms with Gasteiger partial charge in [0.05, 0.1) is 6.61 Å². The third-order valence-corrected chi connectivity index (χ3v) is 7.99. The van der Waals surface area contributed by atoms with Crippen LogP contribution in [-0.4, -0.2) is 36.4 Å². The van der Waals surface area contributed by atoms with Gasteiger partial charge in [-0.1, -0.05) is 151 Å². The van der Waals surface area contributed by atoms with Gasteiger partial charge in [0.25, 0.3) is 0 Å². The lowest BCUT2D eigenvalue weighted by Crippen LogP contribution is -2.28. The largest absolute Gasteiger partial charge is 0.462 e. The Labute approximate surface area is 295 Å². The first-order valence-corrected chi connectivity index (χ1v) is 19.5. The molecule has 0 aromatic carbocycles. The fraction of sp³-hybridized carbons (Fsp3) is 0.674. The zero-order valence-corrected chi connectivity index (χ0v) is 31.0. The Bertz CT molecular complexity index is 895. The quantitative estimate of drug-likeness (QED) is 0.0420. The van der Waals surface area contributed by atoms with Crippen LogP contribution in [0, 0.1) is 0 Å². The number of hydrogen-bond donors (Lipinski definition) is 1. The monoisotopic (exact) mass is 669 g/mol. The average molecular weight is 669 g/mol. The number of hydrogen-bond acceptors (Lipinski definition) is 5. The summed E-state index contributed by atoms with van der Waals surface area (Å²) in [6.07, 6.45) is 51.1. The highest BCUT2D eigenvalue weighted by Gasteiger charge is 2.15. The van der Waals surface area contributed by atoms with Crippen LogP contribution in [0.4, 0.5) is 0 Å². The number of allylic oxidation sites excluding steroid dienone is 12. The summed E-state index contributed by atoms with van der Waals surface area (Å²) in [7, 11) is 0. The van der Waals surface area contributed by atoms with Crippen LogP contribution in [-0.2, 0) is 19.1 Å². The number of unbranched alkanes of at least 4 members (excludes halogenated alkanes) is 14. The SMILES string of the molecule is CCCCCC=CCC=CCC=CCC=CCC=CCCC(=O)OCC(CO)OC(=O)CCCCCCCCCC=CCCCCCC. The maximum absolute atomic E-state index is 12.1. The highest BCUT2D eigenvalue weighted by molar-refractivity contribution is 5.70. The molecule has 0 spiro atoms. The first kappa shape index (κ1) is 45.3. The fourth-order valence-electron chi connectivity index (χ4n) is 5.00. The van der Waals surface area contributed by atoms with Crippen LogP contribution in [0.15, 0.2) is 72.9 Å². The molecule has 1 atom stereocenters. The summed E-state index contributed by atoms with van der Waals surface area (Å²) >= 11 is 0. The first-order chi connectivity index (χ1) is 23.6. The molecular formula is C43H72O5. The molecule has 0 saturated carbocycles. The maximum atomic E-state index is 12.1. The second kappa shape index (κ2) is 38.8. The molecule has 0 aliphatic carbocycles. The van der Waals surface area contributed by atoms with Gasteiger partial charge in [-0.25, -0.2) is 0 Å². The van der Waals surface area contributed by atoms with Crippen LogP contribution in [0.25, 0.3) is 0 Å². The molecule has 5 heteroatoms. The minimum absolute atomic E-state index is 0.110. The van der Waals surface area contributed by atoms with Crippen molar-refractivity contribution in [2.24, 2.45) is 0 Å². The molecule has 0 aromatic heterocycles. The van der Waals surface area contributed by atoms with Gasteiger partial charge < -0.3 is 14.6 Å². The lowest BCUT2D eigenvalue weighted by Gasteiger charge is -2.15. The number of carbonyl (C=O) groups excluding carboxylic acids is 2. The van der Waals surface area contributed by atoms with Gasteiger partial charge >= 0.3 is 11.9 Å². The van der Waals surface area contributed by atoms with Gasteiger partial charge in [-0.15, -0.1) is 0 Å². The third kappa shape index (κ3) is 36.2. The maximum Gasteiger partial charge on any atom is 0.306 e. The molecule has 0 bridgehead atoms. The summed E-state index contributed by atoms with van der Waals surface area (Å²) in [4.78, 5) is 24.2. The van der Waals surface area contributed by atoms with Crippen LogP contribution < -0.4 is 0 Å². The molecule has 274 valence electrons. The van der Waals surface area contributed by atoms with E-state index in [1.807, 2.05) is 12.2 Å². The predicted molar refractivity (Wildman–Crippen MR) is 205 cm³/mol. The van der Waals surface area contributed by atoms with E-state index in [-0.39, 0.29) is 31.6 Å². The smallest absolute Gasteiger partial charge is 0.306 e. The molecule has 0 heterocycles. The summed E-state index contributed by atoms with van der Waals surface area (Å²) in [5, 5.41) is 9.54. The fourth-order valence-corrected chi connectivity index (χ4v) is 5.00. The Morgan fingerprint density at radius 1 is 0.479 bits per heavy atom. The number of aliphatic hydroxyl groups is 1. The minimum atomic E-state index is -0.806. The summed E-state index contributed by atoms with van der Waals surface area (Å²) in [6, 6.07) is 0. The van der Waals surface area contributed by atoms with Crippen molar-refractivity contribution in [1.29, 1.82) is 0 Å². The topological polar surface area (TPSA) is 72.8 Å². The molecule has 1 N–H and O–H groups in total. The van der Waals surface area contributed by atoms with E-state index in [1.165, 1.54) is 89.9 Å². The van der Waals surface area contributed by atoms with Crippen molar-refractivity contribution in [3.05, 3.63) is 72.9 Å². The number of esters is 2. The van der Waals surface area contributed by atoms with E-state index in [4.69, 9.17) is 9.47 Å². The van der Waals surface area contributed by atoms with Crippen molar-refractivity contribution in [2.75, 3.05) is 13.2 Å². The number of ether oxygens (including phenoxy) is 2. The van der Waals surface area contributed by atoms with Crippen molar-refractivity contribution in [3.63, 3.8) is 0 Å². The van der Waals surface area contributed by atoms with Gasteiger partial charge in [-0.3, -0.25) is 9.59 Å². The first-order valence-electron chi connectivity index (χ1n) is 19.5. The molecule has 0 saturated heterocycles. The Morgan fingerprint density at radius 3 is 1.40 bits per heavy atom. The lowest BCUT2D eigenvalue weighted by atomic mass is 10.1. The zero-order chi connectivity index (χ0) is 35.0. The average Bonchev–Trinajstić information content (AvgIpc) is 3.09. The Balaban J connectivity index is 3.72. The molecule has 0 amide bonds. The van der Waals surface area contributed by atoms with Gasteiger partial charge in [0.1, 0.15) is 6.61 Å². The molecule has 1 unspecified atom stereocenters. The number of carbonyl (C=O) groups is 2. The van der Waals surface area contributed by atoms with Crippen molar-refractivity contribution in [3.8, 4) is 0 Å². The molecule has 0 rings (SSSR count). The van der Waals surface area contributed by atoms with Gasteiger partial charge in [-0.2, -0.15) is 0 Å². The standard InChI is InChI=1S/C43H72O5/c1-3-5-7-9-11-13-15-17-19-20-21-22-24-25-27-29-31-33-35-37-42(45)47-40-41(39-44)48-43(46)38-36-34-32-30-28-26-23-18-16-14-12-10-8-6-4-2/h11,13-14,16-17,19,21-22,25,27,31,33,41,44H,3-10,12,15,18,20,23-24,26,28-30,32,34-40H2,1-2H3. The van der Waals surface area contributed by atoms with Gasteiger partial charge in [0.2, 0.25) is 0 Å². The van der Waals surface area contributed by atoms with Crippen LogP contribution in [0.5, 0.6) is 0 Å². The van der Waals surface area contributed by atoms with E-state index in [0.717, 1.165) is 44.9 Å². The molecule has 0 aromatic rings. The predicted octanol–water partition coefficient (Wildman–Crippen LogP) is 12.2. The van der Waals surface area contributed by atoms with Crippen molar-refractivity contribution < 1.29 is 24.2 Å². The Hall–Kier alpha value is -2.66. The van der Waals surface area contributed by atoms with Crippen molar-refractivity contribution >= 4 is 11.9 Å². The normalized spacial score (nSPS) is 13.0. The Kier molecular flexibility index (Phi) is 36.6. The third-order valence-electron chi connectivity index (χ3n) is 7.99. The number of aliphatic hydroxyl groups excluding tert-OH is 1. The summed E-state index contributed by atoms with van der Waals surface area (Å²) < 4.78 is 10.5. The highest BCUT2D eigenvalue weighted by atomic mass is 16.6.